The molecule has 20 heavy (non-hydrogen) atoms. The van der Waals surface area contributed by atoms with Crippen molar-refractivity contribution in [3.63, 3.8) is 0 Å². The Morgan fingerprint density at radius 3 is 2.65 bits per heavy atom. The van der Waals surface area contributed by atoms with Crippen molar-refractivity contribution >= 4 is 11.5 Å². The molecule has 2 heterocycles. The number of nitrogens with two attached hydrogens (primary N) is 1. The molecule has 0 saturated carbocycles. The molecule has 0 amide bonds. The topological polar surface area (TPSA) is 56.2 Å². The van der Waals surface area contributed by atoms with Crippen LogP contribution in [-0.4, -0.2) is 14.6 Å². The first-order valence-electron chi connectivity index (χ1n) is 5.73. The highest BCUT2D eigenvalue weighted by molar-refractivity contribution is 5.64. The number of hydrogen-bond acceptors (Lipinski definition) is 3. The molecule has 2 aromatic heterocycles. The zero-order valence-corrected chi connectivity index (χ0v) is 10.1. The van der Waals surface area contributed by atoms with Crippen LogP contribution >= 0.6 is 0 Å². The predicted octanol–water partition coefficient (Wildman–Crippen LogP) is 3.00. The molecule has 0 aliphatic rings. The van der Waals surface area contributed by atoms with Crippen LogP contribution in [0.2, 0.25) is 0 Å². The maximum absolute atomic E-state index is 12.7. The number of benzene rings is 1. The van der Waals surface area contributed by atoms with Gasteiger partial charge in [-0.15, -0.1) is 5.10 Å². The van der Waals surface area contributed by atoms with E-state index in [0.717, 1.165) is 12.1 Å². The van der Waals surface area contributed by atoms with Gasteiger partial charge in [0.05, 0.1) is 17.5 Å². The molecule has 102 valence electrons. The zero-order chi connectivity index (χ0) is 14.3. The first kappa shape index (κ1) is 12.5. The summed E-state index contributed by atoms with van der Waals surface area (Å²) in [5.41, 5.74) is 6.23. The number of halogens is 3. The van der Waals surface area contributed by atoms with Gasteiger partial charge in [-0.05, 0) is 24.3 Å². The molecular weight excluding hydrogens is 269 g/mol. The minimum absolute atomic E-state index is 0.267. The molecule has 0 aliphatic heterocycles. The number of imidazole rings is 1. The minimum Gasteiger partial charge on any atom is -0.382 e. The van der Waals surface area contributed by atoms with Gasteiger partial charge in [0.25, 0.3) is 0 Å². The number of nitrogens with zero attached hydrogens (tertiary/aromatic N) is 3. The highest BCUT2D eigenvalue weighted by atomic mass is 19.4. The summed E-state index contributed by atoms with van der Waals surface area (Å²) < 4.78 is 39.6. The van der Waals surface area contributed by atoms with Crippen molar-refractivity contribution in [1.82, 2.24) is 14.6 Å². The van der Waals surface area contributed by atoms with Gasteiger partial charge in [-0.25, -0.2) is 9.50 Å². The van der Waals surface area contributed by atoms with Crippen molar-refractivity contribution in [2.75, 3.05) is 5.73 Å². The van der Waals surface area contributed by atoms with Gasteiger partial charge in [0.1, 0.15) is 5.82 Å². The molecule has 0 aliphatic carbocycles. The molecule has 0 fully saturated rings. The van der Waals surface area contributed by atoms with E-state index in [1.165, 1.54) is 16.8 Å². The molecular formula is C13H9F3N4. The number of rotatable bonds is 1. The molecule has 0 atom stereocenters. The third-order valence-corrected chi connectivity index (χ3v) is 2.87. The smallest absolute Gasteiger partial charge is 0.382 e. The summed E-state index contributed by atoms with van der Waals surface area (Å²) in [6.07, 6.45) is -2.92. The lowest BCUT2D eigenvalue weighted by Crippen LogP contribution is -2.05. The Hall–Kier alpha value is -2.57. The standard InChI is InChI=1S/C13H9F3N4/c14-13(15,16)9-3-1-2-8(6-9)10-7-18-12-5-4-11(17)19-20(10)12/h1-7H,(H2,17,19). The van der Waals surface area contributed by atoms with E-state index in [2.05, 4.69) is 10.1 Å². The van der Waals surface area contributed by atoms with Crippen LogP contribution in [0.25, 0.3) is 16.9 Å². The predicted molar refractivity (Wildman–Crippen MR) is 67.8 cm³/mol. The maximum Gasteiger partial charge on any atom is 0.416 e. The van der Waals surface area contributed by atoms with Crippen molar-refractivity contribution in [3.05, 3.63) is 48.2 Å². The zero-order valence-electron chi connectivity index (χ0n) is 10.1. The molecule has 0 radical (unpaired) electrons. The quantitative estimate of drug-likeness (QED) is 0.744. The fraction of sp³-hybridized carbons (Fsp3) is 0.0769. The second kappa shape index (κ2) is 4.22. The summed E-state index contributed by atoms with van der Waals surface area (Å²) in [4.78, 5) is 4.09. The van der Waals surface area contributed by atoms with E-state index < -0.39 is 11.7 Å². The Labute approximate surface area is 111 Å². The van der Waals surface area contributed by atoms with Crippen molar-refractivity contribution in [2.24, 2.45) is 0 Å². The Morgan fingerprint density at radius 1 is 1.10 bits per heavy atom. The van der Waals surface area contributed by atoms with Gasteiger partial charge in [-0.1, -0.05) is 12.1 Å². The maximum atomic E-state index is 12.7. The normalized spacial score (nSPS) is 11.9. The monoisotopic (exact) mass is 278 g/mol. The molecule has 2 N–H and O–H groups in total. The van der Waals surface area contributed by atoms with Gasteiger partial charge in [0, 0.05) is 5.56 Å². The lowest BCUT2D eigenvalue weighted by atomic mass is 10.1. The van der Waals surface area contributed by atoms with Gasteiger partial charge < -0.3 is 5.73 Å². The van der Waals surface area contributed by atoms with Crippen LogP contribution in [0.3, 0.4) is 0 Å². The van der Waals surface area contributed by atoms with Crippen LogP contribution in [0.15, 0.2) is 42.6 Å². The Morgan fingerprint density at radius 2 is 1.90 bits per heavy atom. The number of alkyl halides is 3. The van der Waals surface area contributed by atoms with Crippen LogP contribution in [-0.2, 0) is 6.18 Å². The van der Waals surface area contributed by atoms with Crippen LogP contribution in [0, 0.1) is 0 Å². The van der Waals surface area contributed by atoms with Crippen LogP contribution in [0.1, 0.15) is 5.56 Å². The minimum atomic E-state index is -4.39. The van der Waals surface area contributed by atoms with Crippen molar-refractivity contribution in [2.45, 2.75) is 6.18 Å². The van der Waals surface area contributed by atoms with E-state index in [-0.39, 0.29) is 5.82 Å². The lowest BCUT2D eigenvalue weighted by molar-refractivity contribution is -0.137. The Balaban J connectivity index is 2.18. The van der Waals surface area contributed by atoms with Crippen molar-refractivity contribution in [3.8, 4) is 11.3 Å². The first-order chi connectivity index (χ1) is 9.45. The SMILES string of the molecule is Nc1ccc2ncc(-c3cccc(C(F)(F)F)c3)n2n1. The summed E-state index contributed by atoms with van der Waals surface area (Å²) in [6, 6.07) is 8.24. The largest absolute Gasteiger partial charge is 0.416 e. The fourth-order valence-corrected chi connectivity index (χ4v) is 1.94. The summed E-state index contributed by atoms with van der Waals surface area (Å²) in [5.74, 6) is 0.267. The number of nitrogen functional groups attached to an aromatic ring is 1. The van der Waals surface area contributed by atoms with Crippen LogP contribution < -0.4 is 5.73 Å². The number of anilines is 1. The molecule has 3 aromatic rings. The van der Waals surface area contributed by atoms with E-state index in [9.17, 15) is 13.2 Å². The second-order valence-electron chi connectivity index (χ2n) is 4.25. The van der Waals surface area contributed by atoms with Gasteiger partial charge in [0.15, 0.2) is 5.65 Å². The molecule has 0 bridgehead atoms. The lowest BCUT2D eigenvalue weighted by Gasteiger charge is -2.08. The molecule has 1 aromatic carbocycles. The van der Waals surface area contributed by atoms with Gasteiger partial charge in [-0.3, -0.25) is 0 Å². The van der Waals surface area contributed by atoms with Gasteiger partial charge >= 0.3 is 6.18 Å². The number of aromatic nitrogens is 3. The molecule has 4 nitrogen and oxygen atoms in total. The Bertz CT molecular complexity index is 777. The Kier molecular flexibility index (Phi) is 2.63. The highest BCUT2D eigenvalue weighted by Crippen LogP contribution is 2.32. The number of hydrogen-bond donors (Lipinski definition) is 1. The molecule has 0 spiro atoms. The van der Waals surface area contributed by atoms with Gasteiger partial charge in [0.2, 0.25) is 0 Å². The van der Waals surface area contributed by atoms with Crippen molar-refractivity contribution in [1.29, 1.82) is 0 Å². The van der Waals surface area contributed by atoms with E-state index in [4.69, 9.17) is 5.73 Å². The van der Waals surface area contributed by atoms with Crippen LogP contribution in [0.4, 0.5) is 19.0 Å². The average molecular weight is 278 g/mol. The molecule has 0 saturated heterocycles. The van der Waals surface area contributed by atoms with Gasteiger partial charge in [-0.2, -0.15) is 13.2 Å². The average Bonchev–Trinajstić information content (AvgIpc) is 2.81. The first-order valence-corrected chi connectivity index (χ1v) is 5.73. The summed E-state index contributed by atoms with van der Waals surface area (Å²) >= 11 is 0. The molecule has 7 heteroatoms. The summed E-state index contributed by atoms with van der Waals surface area (Å²) in [5, 5.41) is 4.05. The van der Waals surface area contributed by atoms with E-state index in [1.54, 1.807) is 18.2 Å². The summed E-state index contributed by atoms with van der Waals surface area (Å²) in [7, 11) is 0. The third-order valence-electron chi connectivity index (χ3n) is 2.87. The van der Waals surface area contributed by atoms with E-state index >= 15 is 0 Å². The van der Waals surface area contributed by atoms with Crippen LogP contribution in [0.5, 0.6) is 0 Å². The fourth-order valence-electron chi connectivity index (χ4n) is 1.94. The second-order valence-corrected chi connectivity index (χ2v) is 4.25. The molecule has 3 rings (SSSR count). The van der Waals surface area contributed by atoms with Crippen molar-refractivity contribution < 1.29 is 13.2 Å². The van der Waals surface area contributed by atoms with E-state index in [0.29, 0.717) is 16.9 Å². The van der Waals surface area contributed by atoms with E-state index in [1.807, 2.05) is 0 Å². The third kappa shape index (κ3) is 2.07. The highest BCUT2D eigenvalue weighted by Gasteiger charge is 2.30. The molecule has 0 unspecified atom stereocenters. The summed E-state index contributed by atoms with van der Waals surface area (Å²) in [6.45, 7) is 0. The number of fused-ring (bicyclic) bond motifs is 1.